The minimum atomic E-state index is -1.54. The van der Waals surface area contributed by atoms with E-state index in [-0.39, 0.29) is 18.8 Å². The third-order valence-corrected chi connectivity index (χ3v) is 6.22. The van der Waals surface area contributed by atoms with Crippen LogP contribution in [0.15, 0.2) is 67.1 Å². The second kappa shape index (κ2) is 7.28. The quantitative estimate of drug-likeness (QED) is 0.636. The van der Waals surface area contributed by atoms with E-state index in [2.05, 4.69) is 15.3 Å². The van der Waals surface area contributed by atoms with Crippen molar-refractivity contribution in [1.29, 1.82) is 0 Å². The van der Waals surface area contributed by atoms with Gasteiger partial charge in [0.25, 0.3) is 5.91 Å². The summed E-state index contributed by atoms with van der Waals surface area (Å²) in [6, 6.07) is 15.0. The molecule has 1 spiro atoms. The van der Waals surface area contributed by atoms with Gasteiger partial charge in [0.1, 0.15) is 11.2 Å². The minimum Gasteiger partial charge on any atom is -0.450 e. The monoisotopic (exact) mass is 415 g/mol. The van der Waals surface area contributed by atoms with Crippen molar-refractivity contribution in [2.24, 2.45) is 0 Å². The molecule has 0 unspecified atom stereocenters. The van der Waals surface area contributed by atoms with Gasteiger partial charge >= 0.3 is 5.97 Å². The molecule has 1 amide bonds. The van der Waals surface area contributed by atoms with Crippen molar-refractivity contribution >= 4 is 17.6 Å². The van der Waals surface area contributed by atoms with Crippen LogP contribution in [0, 0.1) is 0 Å². The number of nitrogens with one attached hydrogen (secondary N) is 1. The molecule has 3 heterocycles. The average Bonchev–Trinajstić information content (AvgIpc) is 3.09. The number of hydrogen-bond donors (Lipinski definition) is 2. The molecule has 0 radical (unpaired) electrons. The van der Waals surface area contributed by atoms with Crippen molar-refractivity contribution in [2.75, 3.05) is 5.32 Å². The lowest BCUT2D eigenvalue weighted by atomic mass is 9.73. The molecule has 0 saturated heterocycles. The maximum absolute atomic E-state index is 12.8. The third kappa shape index (κ3) is 3.37. The molecule has 5 rings (SSSR count). The van der Waals surface area contributed by atoms with Crippen molar-refractivity contribution in [3.05, 3.63) is 78.2 Å². The molecule has 1 aromatic carbocycles. The lowest BCUT2D eigenvalue weighted by molar-refractivity contribution is -0.144. The first kappa shape index (κ1) is 19.4. The van der Waals surface area contributed by atoms with Gasteiger partial charge < -0.3 is 15.2 Å². The average molecular weight is 415 g/mol. The van der Waals surface area contributed by atoms with Crippen LogP contribution >= 0.6 is 0 Å². The van der Waals surface area contributed by atoms with Crippen molar-refractivity contribution in [3.8, 4) is 11.3 Å². The SMILES string of the molecule is O=C1O[C@]2(CC[C@](O)(C(=O)Nc3ccc(-c4ccccc4)nc3)CC2)c2cnccc21. The van der Waals surface area contributed by atoms with Crippen LogP contribution in [0.25, 0.3) is 11.3 Å². The zero-order valence-electron chi connectivity index (χ0n) is 16.7. The number of nitrogens with zero attached hydrogens (tertiary/aromatic N) is 2. The number of esters is 1. The number of ether oxygens (including phenoxy) is 1. The van der Waals surface area contributed by atoms with Crippen molar-refractivity contribution in [2.45, 2.75) is 36.9 Å². The molecule has 2 aliphatic rings. The molecule has 156 valence electrons. The van der Waals surface area contributed by atoms with Gasteiger partial charge in [0.05, 0.1) is 23.1 Å². The maximum atomic E-state index is 12.8. The van der Waals surface area contributed by atoms with Crippen LogP contribution < -0.4 is 5.32 Å². The molecule has 1 aliphatic heterocycles. The Morgan fingerprint density at radius 2 is 1.77 bits per heavy atom. The number of amides is 1. The van der Waals surface area contributed by atoms with Gasteiger partial charge in [0.2, 0.25) is 0 Å². The number of aromatic nitrogens is 2. The Kier molecular flexibility index (Phi) is 4.55. The van der Waals surface area contributed by atoms with E-state index in [0.717, 1.165) is 16.8 Å². The normalized spacial score (nSPS) is 24.5. The molecule has 1 aliphatic carbocycles. The van der Waals surface area contributed by atoms with E-state index in [4.69, 9.17) is 4.74 Å². The number of carbonyl (C=O) groups is 2. The van der Waals surface area contributed by atoms with Gasteiger partial charge in [-0.25, -0.2) is 4.79 Å². The number of fused-ring (bicyclic) bond motifs is 2. The minimum absolute atomic E-state index is 0.177. The fourth-order valence-corrected chi connectivity index (χ4v) is 4.38. The van der Waals surface area contributed by atoms with Gasteiger partial charge in [-0.1, -0.05) is 30.3 Å². The number of hydrogen-bond acceptors (Lipinski definition) is 6. The van der Waals surface area contributed by atoms with Crippen LogP contribution in [0.2, 0.25) is 0 Å². The first-order valence-corrected chi connectivity index (χ1v) is 10.2. The predicted octanol–water partition coefficient (Wildman–Crippen LogP) is 3.45. The Balaban J connectivity index is 1.28. The molecule has 2 aromatic heterocycles. The van der Waals surface area contributed by atoms with E-state index >= 15 is 0 Å². The summed E-state index contributed by atoms with van der Waals surface area (Å²) in [5, 5.41) is 13.8. The highest BCUT2D eigenvalue weighted by Crippen LogP contribution is 2.49. The van der Waals surface area contributed by atoms with Gasteiger partial charge in [-0.2, -0.15) is 0 Å². The summed E-state index contributed by atoms with van der Waals surface area (Å²) in [7, 11) is 0. The van der Waals surface area contributed by atoms with Gasteiger partial charge in [0, 0.05) is 23.5 Å². The van der Waals surface area contributed by atoms with Gasteiger partial charge in [-0.3, -0.25) is 14.8 Å². The smallest absolute Gasteiger partial charge is 0.339 e. The van der Waals surface area contributed by atoms with Crippen LogP contribution in [-0.2, 0) is 15.1 Å². The number of carbonyl (C=O) groups excluding carboxylic acids is 2. The topological polar surface area (TPSA) is 101 Å². The number of benzene rings is 1. The highest BCUT2D eigenvalue weighted by Gasteiger charge is 2.53. The zero-order chi connectivity index (χ0) is 21.5. The Morgan fingerprint density at radius 1 is 1.00 bits per heavy atom. The van der Waals surface area contributed by atoms with Gasteiger partial charge in [-0.15, -0.1) is 0 Å². The van der Waals surface area contributed by atoms with Crippen molar-refractivity contribution in [3.63, 3.8) is 0 Å². The second-order valence-electron chi connectivity index (χ2n) is 8.09. The van der Waals surface area contributed by atoms with Crippen molar-refractivity contribution in [1.82, 2.24) is 9.97 Å². The summed E-state index contributed by atoms with van der Waals surface area (Å²) in [5.74, 6) is -0.857. The van der Waals surface area contributed by atoms with Crippen LogP contribution in [-0.4, -0.2) is 32.6 Å². The number of aliphatic hydroxyl groups is 1. The molecule has 31 heavy (non-hydrogen) atoms. The molecule has 1 fully saturated rings. The van der Waals surface area contributed by atoms with E-state index in [0.29, 0.717) is 24.1 Å². The molecule has 7 heteroatoms. The molecule has 3 aromatic rings. The highest BCUT2D eigenvalue weighted by atomic mass is 16.6. The second-order valence-corrected chi connectivity index (χ2v) is 8.09. The molecule has 0 bridgehead atoms. The molecular weight excluding hydrogens is 394 g/mol. The van der Waals surface area contributed by atoms with E-state index < -0.39 is 17.1 Å². The Labute approximate surface area is 179 Å². The maximum Gasteiger partial charge on any atom is 0.339 e. The van der Waals surface area contributed by atoms with E-state index in [1.165, 1.54) is 0 Å². The predicted molar refractivity (Wildman–Crippen MR) is 113 cm³/mol. The Bertz CT molecular complexity index is 1140. The van der Waals surface area contributed by atoms with E-state index in [1.54, 1.807) is 30.7 Å². The third-order valence-electron chi connectivity index (χ3n) is 6.22. The van der Waals surface area contributed by atoms with Crippen molar-refractivity contribution < 1.29 is 19.4 Å². The summed E-state index contributed by atoms with van der Waals surface area (Å²) in [6.07, 6.45) is 5.84. The fraction of sp³-hybridized carbons (Fsp3) is 0.250. The van der Waals surface area contributed by atoms with Crippen LogP contribution in [0.3, 0.4) is 0 Å². The molecule has 0 atom stereocenters. The van der Waals surface area contributed by atoms with E-state index in [1.807, 2.05) is 36.4 Å². The largest absolute Gasteiger partial charge is 0.450 e. The molecule has 1 saturated carbocycles. The lowest BCUT2D eigenvalue weighted by Gasteiger charge is -2.40. The summed E-state index contributed by atoms with van der Waals surface area (Å²) >= 11 is 0. The molecular formula is C24H21N3O4. The van der Waals surface area contributed by atoms with E-state index in [9.17, 15) is 14.7 Å². The number of pyridine rings is 2. The summed E-state index contributed by atoms with van der Waals surface area (Å²) in [4.78, 5) is 33.6. The lowest BCUT2D eigenvalue weighted by Crippen LogP contribution is -2.49. The van der Waals surface area contributed by atoms with Crippen LogP contribution in [0.4, 0.5) is 5.69 Å². The molecule has 7 nitrogen and oxygen atoms in total. The summed E-state index contributed by atoms with van der Waals surface area (Å²) in [5.41, 5.74) is 1.19. The van der Waals surface area contributed by atoms with Gasteiger partial charge in [-0.05, 0) is 43.9 Å². The molecule has 2 N–H and O–H groups in total. The van der Waals surface area contributed by atoms with Crippen LogP contribution in [0.1, 0.15) is 41.6 Å². The number of rotatable bonds is 3. The van der Waals surface area contributed by atoms with Crippen LogP contribution in [0.5, 0.6) is 0 Å². The fourth-order valence-electron chi connectivity index (χ4n) is 4.38. The standard InChI is InChI=1S/C24H21N3O4/c28-21-18-8-13-25-15-19(18)24(31-21)11-9-23(30,10-12-24)22(29)27-17-6-7-20(26-14-17)16-4-2-1-3-5-16/h1-8,13-15,30H,9-12H2,(H,27,29)/t23-,24+. The summed E-state index contributed by atoms with van der Waals surface area (Å²) in [6.45, 7) is 0. The highest BCUT2D eigenvalue weighted by molar-refractivity contribution is 5.97. The zero-order valence-corrected chi connectivity index (χ0v) is 16.7. The number of anilines is 1. The first-order valence-electron chi connectivity index (χ1n) is 10.2. The Morgan fingerprint density at radius 3 is 2.48 bits per heavy atom. The summed E-state index contributed by atoms with van der Waals surface area (Å²) < 4.78 is 5.68. The first-order chi connectivity index (χ1) is 15.0. The van der Waals surface area contributed by atoms with Gasteiger partial charge in [0.15, 0.2) is 0 Å². The Hall–Kier alpha value is -3.58.